The molecule has 206 valence electrons. The van der Waals surface area contributed by atoms with Crippen LogP contribution >= 0.6 is 11.8 Å². The Morgan fingerprint density at radius 2 is 2.00 bits per heavy atom. The highest BCUT2D eigenvalue weighted by Gasteiger charge is 2.31. The third-order valence-corrected chi connectivity index (χ3v) is 8.45. The van der Waals surface area contributed by atoms with Crippen LogP contribution in [0.3, 0.4) is 0 Å². The van der Waals surface area contributed by atoms with E-state index in [0.29, 0.717) is 29.1 Å². The first-order valence-corrected chi connectivity index (χ1v) is 14.0. The number of pyridine rings is 1. The van der Waals surface area contributed by atoms with Gasteiger partial charge in [0.15, 0.2) is 0 Å². The van der Waals surface area contributed by atoms with Gasteiger partial charge >= 0.3 is 6.18 Å². The average Bonchev–Trinajstić information content (AvgIpc) is 2.93. The zero-order chi connectivity index (χ0) is 27.1. The number of aromatic nitrogens is 1. The fourth-order valence-corrected chi connectivity index (χ4v) is 6.14. The molecule has 4 nitrogen and oxygen atoms in total. The predicted molar refractivity (Wildman–Crippen MR) is 143 cm³/mol. The quantitative estimate of drug-likeness (QED) is 0.156. The van der Waals surface area contributed by atoms with Gasteiger partial charge in [-0.1, -0.05) is 6.07 Å². The van der Waals surface area contributed by atoms with Crippen molar-refractivity contribution in [1.29, 1.82) is 0 Å². The van der Waals surface area contributed by atoms with E-state index in [1.54, 1.807) is 25.4 Å². The number of nitrogens with zero attached hydrogens (tertiary/aromatic N) is 2. The van der Waals surface area contributed by atoms with Crippen molar-refractivity contribution in [3.05, 3.63) is 65.9 Å². The van der Waals surface area contributed by atoms with Gasteiger partial charge in [-0.3, -0.25) is 4.98 Å². The number of halogens is 4. The number of thioether (sulfide) groups is 1. The molecule has 1 aliphatic heterocycles. The van der Waals surface area contributed by atoms with Gasteiger partial charge in [0.25, 0.3) is 0 Å². The number of hydrogen-bond donors (Lipinski definition) is 1. The SMILES string of the molecule is COc1ccc2nccc([C@@H](F)CC[C@@H]3CCN(CCCSc4cccc(C(F)(F)F)c4)C[C@@H]3CO)c2c1. The Labute approximate surface area is 225 Å². The molecule has 1 aliphatic rings. The van der Waals surface area contributed by atoms with Gasteiger partial charge < -0.3 is 14.7 Å². The maximum Gasteiger partial charge on any atom is 0.416 e. The Bertz CT molecular complexity index is 1190. The summed E-state index contributed by atoms with van der Waals surface area (Å²) >= 11 is 1.43. The van der Waals surface area contributed by atoms with Gasteiger partial charge in [-0.15, -0.1) is 11.8 Å². The zero-order valence-electron chi connectivity index (χ0n) is 21.5. The van der Waals surface area contributed by atoms with E-state index < -0.39 is 17.9 Å². The number of benzene rings is 2. The van der Waals surface area contributed by atoms with E-state index in [9.17, 15) is 18.3 Å². The molecule has 1 N–H and O–H groups in total. The lowest BCUT2D eigenvalue weighted by Gasteiger charge is -2.38. The molecule has 0 amide bonds. The summed E-state index contributed by atoms with van der Waals surface area (Å²) in [6.07, 6.45) is -1.01. The van der Waals surface area contributed by atoms with Crippen LogP contribution < -0.4 is 4.74 Å². The smallest absolute Gasteiger partial charge is 0.416 e. The highest BCUT2D eigenvalue weighted by molar-refractivity contribution is 7.99. The molecular weight excluding hydrogens is 516 g/mol. The lowest BCUT2D eigenvalue weighted by Crippen LogP contribution is -2.42. The summed E-state index contributed by atoms with van der Waals surface area (Å²) in [5.74, 6) is 1.72. The fourth-order valence-electron chi connectivity index (χ4n) is 5.25. The average molecular weight is 551 g/mol. The van der Waals surface area contributed by atoms with Crippen molar-refractivity contribution >= 4 is 22.7 Å². The van der Waals surface area contributed by atoms with Gasteiger partial charge in [-0.05, 0) is 104 Å². The van der Waals surface area contributed by atoms with Crippen LogP contribution in [0.2, 0.25) is 0 Å². The van der Waals surface area contributed by atoms with E-state index in [1.165, 1.54) is 23.9 Å². The standard InChI is InChI=1S/C29H34F4N2O2S/c1-37-23-7-9-28-26(17-23)25(10-12-34-28)27(30)8-6-20-11-14-35(18-21(20)19-36)13-3-15-38-24-5-2-4-22(16-24)29(31,32)33/h2,4-5,7,9-10,12,16-17,20-21,27,36H,3,6,8,11,13-15,18-19H2,1H3/t20-,21-,27+/m1/s1. The Hall–Kier alpha value is -2.36. The van der Waals surface area contributed by atoms with Crippen LogP contribution in [0.1, 0.15) is 43.0 Å². The Morgan fingerprint density at radius 1 is 1.16 bits per heavy atom. The summed E-state index contributed by atoms with van der Waals surface area (Å²) < 4.78 is 59.4. The zero-order valence-corrected chi connectivity index (χ0v) is 22.3. The fraction of sp³-hybridized carbons (Fsp3) is 0.483. The first kappa shape index (κ1) is 28.6. The van der Waals surface area contributed by atoms with Gasteiger partial charge in [-0.2, -0.15) is 13.2 Å². The normalized spacial score (nSPS) is 19.5. The summed E-state index contributed by atoms with van der Waals surface area (Å²) in [6.45, 7) is 2.52. The van der Waals surface area contributed by atoms with Crippen LogP contribution in [0, 0.1) is 11.8 Å². The summed E-state index contributed by atoms with van der Waals surface area (Å²) in [6, 6.07) is 12.6. The molecule has 0 bridgehead atoms. The van der Waals surface area contributed by atoms with Crippen molar-refractivity contribution < 1.29 is 27.4 Å². The number of fused-ring (bicyclic) bond motifs is 1. The van der Waals surface area contributed by atoms with E-state index in [4.69, 9.17) is 4.74 Å². The van der Waals surface area contributed by atoms with Crippen LogP contribution in [0.4, 0.5) is 17.6 Å². The largest absolute Gasteiger partial charge is 0.497 e. The molecule has 38 heavy (non-hydrogen) atoms. The molecule has 1 aromatic heterocycles. The molecule has 3 aromatic rings. The molecule has 0 unspecified atom stereocenters. The van der Waals surface area contributed by atoms with Gasteiger partial charge in [0.2, 0.25) is 0 Å². The van der Waals surface area contributed by atoms with Crippen molar-refractivity contribution in [1.82, 2.24) is 9.88 Å². The van der Waals surface area contributed by atoms with E-state index in [2.05, 4.69) is 9.88 Å². The number of likely N-dealkylation sites (tertiary alicyclic amines) is 1. The first-order valence-electron chi connectivity index (χ1n) is 13.0. The van der Waals surface area contributed by atoms with Gasteiger partial charge in [0.1, 0.15) is 11.9 Å². The van der Waals surface area contributed by atoms with E-state index in [1.807, 2.05) is 18.2 Å². The van der Waals surface area contributed by atoms with E-state index >= 15 is 4.39 Å². The molecule has 1 fully saturated rings. The number of alkyl halides is 4. The first-order chi connectivity index (χ1) is 18.3. The van der Waals surface area contributed by atoms with Crippen LogP contribution in [0.5, 0.6) is 5.75 Å². The number of aliphatic hydroxyl groups excluding tert-OH is 1. The third-order valence-electron chi connectivity index (χ3n) is 7.37. The second kappa shape index (κ2) is 13.1. The van der Waals surface area contributed by atoms with E-state index in [0.717, 1.165) is 55.2 Å². The van der Waals surface area contributed by atoms with Crippen LogP contribution in [-0.2, 0) is 6.18 Å². The van der Waals surface area contributed by atoms with Crippen LogP contribution in [0.25, 0.3) is 10.9 Å². The molecule has 0 radical (unpaired) electrons. The van der Waals surface area contributed by atoms with Crippen molar-refractivity contribution in [2.45, 2.75) is 42.9 Å². The summed E-state index contributed by atoms with van der Waals surface area (Å²) in [5.41, 5.74) is 0.728. The molecule has 0 aliphatic carbocycles. The predicted octanol–water partition coefficient (Wildman–Crippen LogP) is 7.17. The monoisotopic (exact) mass is 550 g/mol. The lowest BCUT2D eigenvalue weighted by molar-refractivity contribution is -0.137. The number of rotatable bonds is 11. The number of ether oxygens (including phenoxy) is 1. The molecular formula is C29H34F4N2O2S. The molecule has 4 rings (SSSR count). The summed E-state index contributed by atoms with van der Waals surface area (Å²) in [5, 5.41) is 10.8. The minimum atomic E-state index is -4.33. The van der Waals surface area contributed by atoms with Crippen LogP contribution in [-0.4, -0.2) is 54.1 Å². The Kier molecular flexibility index (Phi) is 9.90. The van der Waals surface area contributed by atoms with Crippen molar-refractivity contribution in [2.75, 3.05) is 39.1 Å². The number of hydrogen-bond acceptors (Lipinski definition) is 5. The van der Waals surface area contributed by atoms with Crippen molar-refractivity contribution in [3.8, 4) is 5.75 Å². The molecule has 2 heterocycles. The van der Waals surface area contributed by atoms with Crippen LogP contribution in [0.15, 0.2) is 59.6 Å². The highest BCUT2D eigenvalue weighted by Crippen LogP contribution is 2.36. The number of methoxy groups -OCH3 is 1. The number of aliphatic hydroxyl groups is 1. The number of piperidine rings is 1. The molecule has 3 atom stereocenters. The lowest BCUT2D eigenvalue weighted by atomic mass is 9.81. The van der Waals surface area contributed by atoms with Gasteiger partial charge in [0, 0.05) is 29.6 Å². The second-order valence-electron chi connectivity index (χ2n) is 9.85. The third kappa shape index (κ3) is 7.39. The second-order valence-corrected chi connectivity index (χ2v) is 11.0. The van der Waals surface area contributed by atoms with Crippen molar-refractivity contribution in [3.63, 3.8) is 0 Å². The maximum absolute atomic E-state index is 15.4. The molecule has 2 aromatic carbocycles. The Morgan fingerprint density at radius 3 is 2.76 bits per heavy atom. The minimum Gasteiger partial charge on any atom is -0.497 e. The highest BCUT2D eigenvalue weighted by atomic mass is 32.2. The molecule has 0 saturated carbocycles. The topological polar surface area (TPSA) is 45.6 Å². The van der Waals surface area contributed by atoms with Gasteiger partial charge in [0.05, 0.1) is 18.2 Å². The summed E-state index contributed by atoms with van der Waals surface area (Å²) in [7, 11) is 1.58. The van der Waals surface area contributed by atoms with Gasteiger partial charge in [-0.25, -0.2) is 4.39 Å². The summed E-state index contributed by atoms with van der Waals surface area (Å²) in [4.78, 5) is 7.26. The molecule has 1 saturated heterocycles. The maximum atomic E-state index is 15.4. The van der Waals surface area contributed by atoms with E-state index in [-0.39, 0.29) is 18.4 Å². The molecule has 0 spiro atoms. The Balaban J connectivity index is 1.24. The molecule has 9 heteroatoms. The minimum absolute atomic E-state index is 0.0620. The van der Waals surface area contributed by atoms with Crippen molar-refractivity contribution in [2.24, 2.45) is 11.8 Å².